The maximum atomic E-state index is 10.5. The van der Waals surface area contributed by atoms with Gasteiger partial charge in [0.2, 0.25) is 5.95 Å². The predicted octanol–water partition coefficient (Wildman–Crippen LogP) is 3.22. The van der Waals surface area contributed by atoms with Gasteiger partial charge in [0.05, 0.1) is 5.52 Å². The second-order valence-corrected chi connectivity index (χ2v) is 7.36. The minimum absolute atomic E-state index is 0.245. The average molecular weight is 351 g/mol. The molecule has 3 heterocycles. The highest BCUT2D eigenvalue weighted by Gasteiger charge is 2.20. The molecule has 136 valence electrons. The zero-order chi connectivity index (χ0) is 18.3. The van der Waals surface area contributed by atoms with Crippen molar-refractivity contribution in [3.05, 3.63) is 41.6 Å². The van der Waals surface area contributed by atoms with Crippen molar-refractivity contribution in [3.8, 4) is 17.0 Å². The molecule has 6 nitrogen and oxygen atoms in total. The second kappa shape index (κ2) is 6.61. The van der Waals surface area contributed by atoms with Gasteiger partial charge in [0.1, 0.15) is 11.4 Å². The standard InChI is InChI=1S/C20H25N5O/c1-13-10-14(2)18(17(26)11-13)19-16-7-5-9-25(16)20(23-22-19)21-15-6-4-8-24(3)12-15/h5,7,9-11,15,26H,4,6,8,12H2,1-3H3,(H,21,23)/t15-/m1/s1. The highest BCUT2D eigenvalue weighted by atomic mass is 16.3. The molecule has 4 rings (SSSR count). The number of rotatable bonds is 3. The summed E-state index contributed by atoms with van der Waals surface area (Å²) in [7, 11) is 2.15. The Bertz CT molecular complexity index is 926. The van der Waals surface area contributed by atoms with Gasteiger partial charge in [-0.25, -0.2) is 0 Å². The van der Waals surface area contributed by atoms with Crippen LogP contribution in [0.3, 0.4) is 0 Å². The van der Waals surface area contributed by atoms with E-state index in [1.165, 1.54) is 6.42 Å². The van der Waals surface area contributed by atoms with Gasteiger partial charge in [-0.3, -0.25) is 4.40 Å². The lowest BCUT2D eigenvalue weighted by molar-refractivity contribution is 0.260. The molecule has 26 heavy (non-hydrogen) atoms. The van der Waals surface area contributed by atoms with Crippen LogP contribution in [0.15, 0.2) is 30.5 Å². The summed E-state index contributed by atoms with van der Waals surface area (Å²) in [6, 6.07) is 8.20. The Kier molecular flexibility index (Phi) is 4.28. The number of nitrogens with zero attached hydrogens (tertiary/aromatic N) is 4. The van der Waals surface area contributed by atoms with Crippen LogP contribution in [0.1, 0.15) is 24.0 Å². The van der Waals surface area contributed by atoms with Gasteiger partial charge in [0.25, 0.3) is 0 Å². The quantitative estimate of drug-likeness (QED) is 0.758. The molecule has 1 saturated heterocycles. The van der Waals surface area contributed by atoms with Gasteiger partial charge in [0.15, 0.2) is 0 Å². The van der Waals surface area contributed by atoms with Crippen molar-refractivity contribution in [2.75, 3.05) is 25.5 Å². The number of aromatic nitrogens is 3. The van der Waals surface area contributed by atoms with Gasteiger partial charge in [-0.1, -0.05) is 6.07 Å². The van der Waals surface area contributed by atoms with Crippen molar-refractivity contribution in [2.24, 2.45) is 0 Å². The molecule has 3 aromatic rings. The molecule has 1 atom stereocenters. The Labute approximate surface area is 153 Å². The van der Waals surface area contributed by atoms with E-state index in [4.69, 9.17) is 0 Å². The third-order valence-electron chi connectivity index (χ3n) is 5.12. The summed E-state index contributed by atoms with van der Waals surface area (Å²) >= 11 is 0. The normalized spacial score (nSPS) is 18.3. The largest absolute Gasteiger partial charge is 0.507 e. The van der Waals surface area contributed by atoms with Crippen LogP contribution in [0.2, 0.25) is 0 Å². The number of aryl methyl sites for hydroxylation is 2. The predicted molar refractivity (Wildman–Crippen MR) is 104 cm³/mol. The Morgan fingerprint density at radius 1 is 1.23 bits per heavy atom. The first kappa shape index (κ1) is 16.8. The Hall–Kier alpha value is -2.60. The number of benzene rings is 1. The van der Waals surface area contributed by atoms with Crippen molar-refractivity contribution in [3.63, 3.8) is 0 Å². The molecular formula is C20H25N5O. The van der Waals surface area contributed by atoms with E-state index >= 15 is 0 Å². The topological polar surface area (TPSA) is 65.7 Å². The van der Waals surface area contributed by atoms with Crippen molar-refractivity contribution in [2.45, 2.75) is 32.7 Å². The highest BCUT2D eigenvalue weighted by molar-refractivity contribution is 5.83. The SMILES string of the molecule is Cc1cc(C)c(-c2nnc(N[C@@H]3CCCN(C)C3)n3cccc23)c(O)c1. The van der Waals surface area contributed by atoms with Crippen LogP contribution in [-0.2, 0) is 0 Å². The monoisotopic (exact) mass is 351 g/mol. The fourth-order valence-corrected chi connectivity index (χ4v) is 3.95. The van der Waals surface area contributed by atoms with Crippen molar-refractivity contribution < 1.29 is 5.11 Å². The molecule has 0 radical (unpaired) electrons. The fraction of sp³-hybridized carbons (Fsp3) is 0.400. The summed E-state index contributed by atoms with van der Waals surface area (Å²) in [5.74, 6) is 0.993. The number of likely N-dealkylation sites (tertiary alicyclic amines) is 1. The summed E-state index contributed by atoms with van der Waals surface area (Å²) in [6.07, 6.45) is 4.31. The Balaban J connectivity index is 1.75. The maximum Gasteiger partial charge on any atom is 0.228 e. The van der Waals surface area contributed by atoms with Gasteiger partial charge in [-0.2, -0.15) is 0 Å². The van der Waals surface area contributed by atoms with Gasteiger partial charge < -0.3 is 15.3 Å². The molecule has 2 N–H and O–H groups in total. The number of hydrogen-bond acceptors (Lipinski definition) is 5. The Morgan fingerprint density at radius 2 is 2.08 bits per heavy atom. The van der Waals surface area contributed by atoms with Crippen LogP contribution in [0.5, 0.6) is 5.75 Å². The third-order valence-corrected chi connectivity index (χ3v) is 5.12. The number of nitrogens with one attached hydrogen (secondary N) is 1. The number of phenolic OH excluding ortho intramolecular Hbond substituents is 1. The Morgan fingerprint density at radius 3 is 2.85 bits per heavy atom. The molecule has 6 heteroatoms. The summed E-state index contributed by atoms with van der Waals surface area (Å²) in [4.78, 5) is 2.34. The molecular weight excluding hydrogens is 326 g/mol. The number of phenols is 1. The smallest absolute Gasteiger partial charge is 0.228 e. The number of aromatic hydroxyl groups is 1. The van der Waals surface area contributed by atoms with Gasteiger partial charge >= 0.3 is 0 Å². The molecule has 1 aliphatic heterocycles. The lowest BCUT2D eigenvalue weighted by Crippen LogP contribution is -2.40. The van der Waals surface area contributed by atoms with Crippen LogP contribution >= 0.6 is 0 Å². The molecule has 0 bridgehead atoms. The van der Waals surface area contributed by atoms with Gasteiger partial charge in [0, 0.05) is 24.3 Å². The van der Waals surface area contributed by atoms with E-state index in [9.17, 15) is 5.11 Å². The molecule has 0 unspecified atom stereocenters. The summed E-state index contributed by atoms with van der Waals surface area (Å²) in [5, 5.41) is 23.0. The van der Waals surface area contributed by atoms with E-state index in [0.29, 0.717) is 11.7 Å². The van der Waals surface area contributed by atoms with Crippen LogP contribution in [-0.4, -0.2) is 50.8 Å². The number of fused-ring (bicyclic) bond motifs is 1. The number of likely N-dealkylation sites (N-methyl/N-ethyl adjacent to an activating group) is 1. The lowest BCUT2D eigenvalue weighted by atomic mass is 10.0. The summed E-state index contributed by atoms with van der Waals surface area (Å²) < 4.78 is 2.02. The van der Waals surface area contributed by atoms with Crippen LogP contribution in [0.4, 0.5) is 5.95 Å². The fourth-order valence-electron chi connectivity index (χ4n) is 3.95. The first-order chi connectivity index (χ1) is 12.5. The number of piperidine rings is 1. The van der Waals surface area contributed by atoms with E-state index in [0.717, 1.165) is 47.7 Å². The van der Waals surface area contributed by atoms with E-state index in [1.54, 1.807) is 6.07 Å². The van der Waals surface area contributed by atoms with E-state index in [-0.39, 0.29) is 5.75 Å². The minimum Gasteiger partial charge on any atom is -0.507 e. The van der Waals surface area contributed by atoms with Crippen molar-refractivity contribution >= 4 is 11.5 Å². The summed E-state index contributed by atoms with van der Waals surface area (Å²) in [6.45, 7) is 6.12. The summed E-state index contributed by atoms with van der Waals surface area (Å²) in [5.41, 5.74) is 4.42. The van der Waals surface area contributed by atoms with E-state index in [1.807, 2.05) is 36.6 Å². The number of anilines is 1. The molecule has 0 spiro atoms. The third kappa shape index (κ3) is 3.01. The molecule has 0 amide bonds. The van der Waals surface area contributed by atoms with Crippen molar-refractivity contribution in [1.82, 2.24) is 19.5 Å². The molecule has 2 aromatic heterocycles. The van der Waals surface area contributed by atoms with Crippen LogP contribution in [0, 0.1) is 13.8 Å². The van der Waals surface area contributed by atoms with E-state index in [2.05, 4.69) is 33.5 Å². The zero-order valence-corrected chi connectivity index (χ0v) is 15.5. The second-order valence-electron chi connectivity index (χ2n) is 7.36. The average Bonchev–Trinajstić information content (AvgIpc) is 3.06. The highest BCUT2D eigenvalue weighted by Crippen LogP contribution is 2.35. The molecule has 0 saturated carbocycles. The molecule has 0 aliphatic carbocycles. The van der Waals surface area contributed by atoms with Gasteiger partial charge in [-0.05, 0) is 69.6 Å². The maximum absolute atomic E-state index is 10.5. The molecule has 1 fully saturated rings. The van der Waals surface area contributed by atoms with Crippen LogP contribution in [0.25, 0.3) is 16.8 Å². The van der Waals surface area contributed by atoms with E-state index < -0.39 is 0 Å². The zero-order valence-electron chi connectivity index (χ0n) is 15.5. The minimum atomic E-state index is 0.245. The molecule has 1 aromatic carbocycles. The first-order valence-electron chi connectivity index (χ1n) is 9.12. The first-order valence-corrected chi connectivity index (χ1v) is 9.12. The molecule has 1 aliphatic rings. The van der Waals surface area contributed by atoms with Crippen LogP contribution < -0.4 is 5.32 Å². The number of hydrogen-bond donors (Lipinski definition) is 2. The lowest BCUT2D eigenvalue weighted by Gasteiger charge is -2.30. The van der Waals surface area contributed by atoms with Gasteiger partial charge in [-0.15, -0.1) is 10.2 Å². The van der Waals surface area contributed by atoms with Crippen molar-refractivity contribution in [1.29, 1.82) is 0 Å².